The molecule has 0 aromatic heterocycles. The monoisotopic (exact) mass is 268 g/mol. The van der Waals surface area contributed by atoms with Gasteiger partial charge in [0, 0.05) is 5.57 Å². The third kappa shape index (κ3) is 12.0. The highest BCUT2D eigenvalue weighted by atomic mass is 16.5. The van der Waals surface area contributed by atoms with Gasteiger partial charge in [0.25, 0.3) is 0 Å². The van der Waals surface area contributed by atoms with E-state index in [-0.39, 0.29) is 5.97 Å². The summed E-state index contributed by atoms with van der Waals surface area (Å²) >= 11 is 0. The van der Waals surface area contributed by atoms with E-state index < -0.39 is 0 Å². The molecule has 2 heteroatoms. The standard InChI is InChI=1S/C17H32O2/c1-4-5-6-7-8-9-10-11-12-13-14-15-16(2)17(18)19-3/h15H,4-14H2,1-3H3/b16-15+. The second kappa shape index (κ2) is 13.6. The van der Waals surface area contributed by atoms with Crippen LogP contribution in [0.15, 0.2) is 11.6 Å². The van der Waals surface area contributed by atoms with Crippen molar-refractivity contribution in [1.82, 2.24) is 0 Å². The molecule has 0 atom stereocenters. The van der Waals surface area contributed by atoms with Gasteiger partial charge in [0.2, 0.25) is 0 Å². The maximum absolute atomic E-state index is 11.1. The number of methoxy groups -OCH3 is 1. The molecule has 2 nitrogen and oxygen atoms in total. The van der Waals surface area contributed by atoms with Crippen LogP contribution in [-0.4, -0.2) is 13.1 Å². The van der Waals surface area contributed by atoms with Gasteiger partial charge in [-0.2, -0.15) is 0 Å². The summed E-state index contributed by atoms with van der Waals surface area (Å²) in [5.74, 6) is -0.202. The first-order valence-electron chi connectivity index (χ1n) is 7.97. The van der Waals surface area contributed by atoms with Crippen LogP contribution in [0, 0.1) is 0 Å². The third-order valence-electron chi connectivity index (χ3n) is 3.52. The van der Waals surface area contributed by atoms with Crippen LogP contribution in [0.1, 0.15) is 84.5 Å². The molecule has 0 bridgehead atoms. The maximum Gasteiger partial charge on any atom is 0.333 e. The second-order valence-corrected chi connectivity index (χ2v) is 5.35. The van der Waals surface area contributed by atoms with Gasteiger partial charge in [0.05, 0.1) is 7.11 Å². The molecule has 0 fully saturated rings. The predicted molar refractivity (Wildman–Crippen MR) is 82.2 cm³/mol. The molecule has 0 radical (unpaired) electrons. The first kappa shape index (κ1) is 18.2. The molecule has 0 aliphatic heterocycles. The van der Waals surface area contributed by atoms with E-state index in [1.54, 1.807) is 0 Å². The number of carbonyl (C=O) groups excluding carboxylic acids is 1. The fourth-order valence-electron chi connectivity index (χ4n) is 2.19. The van der Waals surface area contributed by atoms with Crippen molar-refractivity contribution < 1.29 is 9.53 Å². The Morgan fingerprint density at radius 3 is 1.84 bits per heavy atom. The summed E-state index contributed by atoms with van der Waals surface area (Å²) in [4.78, 5) is 11.1. The number of allylic oxidation sites excluding steroid dienone is 1. The van der Waals surface area contributed by atoms with Gasteiger partial charge in [-0.15, -0.1) is 0 Å². The average molecular weight is 268 g/mol. The predicted octanol–water partition coefficient (Wildman–Crippen LogP) is 5.42. The smallest absolute Gasteiger partial charge is 0.333 e. The van der Waals surface area contributed by atoms with E-state index in [9.17, 15) is 4.79 Å². The lowest BCUT2D eigenvalue weighted by Gasteiger charge is -2.02. The summed E-state index contributed by atoms with van der Waals surface area (Å²) in [6, 6.07) is 0. The van der Waals surface area contributed by atoms with Crippen molar-refractivity contribution in [3.63, 3.8) is 0 Å². The molecular formula is C17H32O2. The van der Waals surface area contributed by atoms with Crippen molar-refractivity contribution in [2.45, 2.75) is 84.5 Å². The summed E-state index contributed by atoms with van der Waals surface area (Å²) < 4.78 is 4.66. The van der Waals surface area contributed by atoms with E-state index >= 15 is 0 Å². The minimum Gasteiger partial charge on any atom is -0.466 e. The molecule has 0 aromatic carbocycles. The number of hydrogen-bond donors (Lipinski definition) is 0. The Balaban J connectivity index is 3.25. The van der Waals surface area contributed by atoms with Crippen molar-refractivity contribution in [2.24, 2.45) is 0 Å². The van der Waals surface area contributed by atoms with Gasteiger partial charge in [0.15, 0.2) is 0 Å². The Kier molecular flexibility index (Phi) is 13.1. The lowest BCUT2D eigenvalue weighted by molar-refractivity contribution is -0.136. The van der Waals surface area contributed by atoms with E-state index in [4.69, 9.17) is 0 Å². The lowest BCUT2D eigenvalue weighted by Crippen LogP contribution is -2.01. The summed E-state index contributed by atoms with van der Waals surface area (Å²) in [6.45, 7) is 4.08. The summed E-state index contributed by atoms with van der Waals surface area (Å²) in [5.41, 5.74) is 0.735. The Morgan fingerprint density at radius 1 is 0.895 bits per heavy atom. The van der Waals surface area contributed by atoms with E-state index in [1.165, 1.54) is 71.3 Å². The minimum atomic E-state index is -0.202. The minimum absolute atomic E-state index is 0.202. The van der Waals surface area contributed by atoms with Crippen LogP contribution in [-0.2, 0) is 9.53 Å². The van der Waals surface area contributed by atoms with Crippen LogP contribution >= 0.6 is 0 Å². The van der Waals surface area contributed by atoms with Crippen molar-refractivity contribution in [1.29, 1.82) is 0 Å². The summed E-state index contributed by atoms with van der Waals surface area (Å²) in [5, 5.41) is 0. The zero-order valence-corrected chi connectivity index (χ0v) is 13.2. The van der Waals surface area contributed by atoms with E-state index in [0.717, 1.165) is 12.0 Å². The van der Waals surface area contributed by atoms with Crippen molar-refractivity contribution in [3.05, 3.63) is 11.6 Å². The Labute approximate surface area is 119 Å². The summed E-state index contributed by atoms with van der Waals surface area (Å²) in [6.07, 6.45) is 16.5. The van der Waals surface area contributed by atoms with Gasteiger partial charge in [-0.3, -0.25) is 0 Å². The molecule has 19 heavy (non-hydrogen) atoms. The van der Waals surface area contributed by atoms with Crippen LogP contribution in [0.5, 0.6) is 0 Å². The lowest BCUT2D eigenvalue weighted by atomic mass is 10.1. The molecular weight excluding hydrogens is 236 g/mol. The highest BCUT2D eigenvalue weighted by molar-refractivity contribution is 5.87. The molecule has 0 aliphatic rings. The highest BCUT2D eigenvalue weighted by Crippen LogP contribution is 2.12. The number of unbranched alkanes of at least 4 members (excludes halogenated alkanes) is 10. The Hall–Kier alpha value is -0.790. The van der Waals surface area contributed by atoms with Gasteiger partial charge >= 0.3 is 5.97 Å². The fraction of sp³-hybridized carbons (Fsp3) is 0.824. The van der Waals surface area contributed by atoms with Crippen LogP contribution in [0.2, 0.25) is 0 Å². The second-order valence-electron chi connectivity index (χ2n) is 5.35. The van der Waals surface area contributed by atoms with E-state index in [1.807, 2.05) is 13.0 Å². The molecule has 0 saturated carbocycles. The van der Waals surface area contributed by atoms with Gasteiger partial charge in [-0.05, 0) is 19.8 Å². The molecule has 112 valence electrons. The van der Waals surface area contributed by atoms with Crippen LogP contribution in [0.3, 0.4) is 0 Å². The molecule has 0 amide bonds. The van der Waals surface area contributed by atoms with E-state index in [2.05, 4.69) is 11.7 Å². The van der Waals surface area contributed by atoms with Gasteiger partial charge in [-0.25, -0.2) is 4.79 Å². The normalized spacial score (nSPS) is 11.6. The summed E-state index contributed by atoms with van der Waals surface area (Å²) in [7, 11) is 1.43. The van der Waals surface area contributed by atoms with Gasteiger partial charge in [0.1, 0.15) is 0 Å². The molecule has 0 aliphatic carbocycles. The third-order valence-corrected chi connectivity index (χ3v) is 3.52. The van der Waals surface area contributed by atoms with Crippen LogP contribution < -0.4 is 0 Å². The molecule has 0 spiro atoms. The zero-order chi connectivity index (χ0) is 14.3. The SMILES string of the molecule is CCCCCCCCCCCC/C=C(\C)C(=O)OC. The maximum atomic E-state index is 11.1. The topological polar surface area (TPSA) is 26.3 Å². The van der Waals surface area contributed by atoms with Crippen molar-refractivity contribution in [2.75, 3.05) is 7.11 Å². The van der Waals surface area contributed by atoms with Gasteiger partial charge < -0.3 is 4.74 Å². The molecule has 0 rings (SSSR count). The zero-order valence-electron chi connectivity index (χ0n) is 13.2. The Morgan fingerprint density at radius 2 is 1.37 bits per heavy atom. The number of ether oxygens (including phenoxy) is 1. The van der Waals surface area contributed by atoms with Crippen LogP contribution in [0.4, 0.5) is 0 Å². The first-order chi connectivity index (χ1) is 9.22. The number of rotatable bonds is 12. The van der Waals surface area contributed by atoms with Crippen LogP contribution in [0.25, 0.3) is 0 Å². The number of hydrogen-bond acceptors (Lipinski definition) is 2. The largest absolute Gasteiger partial charge is 0.466 e. The molecule has 0 saturated heterocycles. The molecule has 0 unspecified atom stereocenters. The number of carbonyl (C=O) groups is 1. The van der Waals surface area contributed by atoms with Gasteiger partial charge in [-0.1, -0.05) is 70.8 Å². The molecule has 0 heterocycles. The van der Waals surface area contributed by atoms with Crippen molar-refractivity contribution in [3.8, 4) is 0 Å². The first-order valence-corrected chi connectivity index (χ1v) is 7.97. The fourth-order valence-corrected chi connectivity index (χ4v) is 2.19. The highest BCUT2D eigenvalue weighted by Gasteiger charge is 2.01. The van der Waals surface area contributed by atoms with Crippen molar-refractivity contribution >= 4 is 5.97 Å². The molecule has 0 aromatic rings. The Bertz CT molecular complexity index is 244. The van der Waals surface area contributed by atoms with E-state index in [0.29, 0.717) is 0 Å². The average Bonchev–Trinajstić information content (AvgIpc) is 2.43. The molecule has 0 N–H and O–H groups in total. The number of esters is 1. The quantitative estimate of drug-likeness (QED) is 0.268.